The second-order valence-corrected chi connectivity index (χ2v) is 15.0. The number of hydrogen-bond acceptors (Lipinski definition) is 11. The van der Waals surface area contributed by atoms with Crippen LogP contribution in [0.4, 0.5) is 0 Å². The molecule has 3 aromatic heterocycles. The van der Waals surface area contributed by atoms with E-state index < -0.39 is 28.9 Å². The number of aliphatic hydroxyl groups excluding tert-OH is 1. The monoisotopic (exact) mass is 726 g/mol. The number of ether oxygens (including phenoxy) is 5. The third-order valence-electron chi connectivity index (χ3n) is 9.96. The predicted octanol–water partition coefficient (Wildman–Crippen LogP) is 8.58. The highest BCUT2D eigenvalue weighted by atomic mass is 16.9. The van der Waals surface area contributed by atoms with Crippen LogP contribution in [0, 0.1) is 0 Å². The van der Waals surface area contributed by atoms with Gasteiger partial charge >= 0.3 is 11.6 Å². The van der Waals surface area contributed by atoms with Crippen molar-refractivity contribution in [1.82, 2.24) is 0 Å². The average Bonchev–Trinajstić information content (AvgIpc) is 3.82. The molecule has 1 saturated heterocycles. The smallest absolute Gasteiger partial charge is 0.350 e. The van der Waals surface area contributed by atoms with Crippen LogP contribution in [0.15, 0.2) is 96.3 Å². The van der Waals surface area contributed by atoms with E-state index in [4.69, 9.17) is 36.9 Å². The van der Waals surface area contributed by atoms with Crippen molar-refractivity contribution in [1.29, 1.82) is 0 Å². The SMILES string of the molecule is C/C(=C\COc1c2c(cc3occc13)OC1(C=C2)OC(CC/C(C)=C/COc2c3ccoc3cc3oc(=O)ccc23)C(C)(C)O1)CCC(O)C(C)(C)O. The maximum atomic E-state index is 11.8. The van der Waals surface area contributed by atoms with Crippen LogP contribution in [0.2, 0.25) is 0 Å². The van der Waals surface area contributed by atoms with Crippen molar-refractivity contribution in [2.45, 2.75) is 96.6 Å². The Hall–Kier alpha value is -4.81. The zero-order valence-corrected chi connectivity index (χ0v) is 30.9. The molecule has 5 heterocycles. The van der Waals surface area contributed by atoms with Gasteiger partial charge in [-0.1, -0.05) is 11.1 Å². The molecular formula is C42H46O11. The molecule has 0 bridgehead atoms. The zero-order chi connectivity index (χ0) is 37.5. The molecule has 53 heavy (non-hydrogen) atoms. The predicted molar refractivity (Wildman–Crippen MR) is 200 cm³/mol. The van der Waals surface area contributed by atoms with Gasteiger partial charge in [0.05, 0.1) is 57.7 Å². The molecule has 1 fully saturated rings. The topological polar surface area (TPSA) is 143 Å². The zero-order valence-electron chi connectivity index (χ0n) is 30.9. The summed E-state index contributed by atoms with van der Waals surface area (Å²) in [7, 11) is 0. The van der Waals surface area contributed by atoms with E-state index >= 15 is 0 Å². The molecule has 2 N–H and O–H groups in total. The standard InChI is InChI=1S/C42H46O11/c1-25(7-10-35(43)40(3,4)45)14-19-49-39-28-13-18-42(51-34(28)24-32-30(39)17-22-47-32)52-36(41(5,6)53-42)11-8-26(2)15-20-48-38-27-9-12-37(44)50-33(27)23-31-29(38)16-21-46-31/h9,12-18,21-24,35-36,43,45H,7-8,10-11,19-20H2,1-6H3/b25-14+,26-15+. The van der Waals surface area contributed by atoms with Gasteiger partial charge in [0, 0.05) is 24.3 Å². The van der Waals surface area contributed by atoms with Crippen LogP contribution < -0.4 is 19.8 Å². The molecule has 2 aliphatic rings. The van der Waals surface area contributed by atoms with Crippen molar-refractivity contribution >= 4 is 39.0 Å². The molecule has 0 aliphatic carbocycles. The fraction of sp³-hybridized carbons (Fsp3) is 0.405. The van der Waals surface area contributed by atoms with Gasteiger partial charge in [-0.25, -0.2) is 4.79 Å². The van der Waals surface area contributed by atoms with E-state index in [1.807, 2.05) is 57.2 Å². The number of furan rings is 2. The minimum absolute atomic E-state index is 0.282. The van der Waals surface area contributed by atoms with Crippen LogP contribution in [-0.2, 0) is 9.47 Å². The molecule has 3 atom stereocenters. The van der Waals surface area contributed by atoms with Crippen LogP contribution in [0.5, 0.6) is 17.2 Å². The molecule has 7 rings (SSSR count). The summed E-state index contributed by atoms with van der Waals surface area (Å²) in [5, 5.41) is 22.6. The molecule has 0 amide bonds. The molecule has 11 nitrogen and oxygen atoms in total. The summed E-state index contributed by atoms with van der Waals surface area (Å²) in [6.07, 6.45) is 12.3. The van der Waals surface area contributed by atoms with Crippen molar-refractivity contribution in [2.75, 3.05) is 13.2 Å². The molecular weight excluding hydrogens is 680 g/mol. The molecule has 5 aromatic rings. The van der Waals surface area contributed by atoms with E-state index in [9.17, 15) is 15.0 Å². The Kier molecular flexibility index (Phi) is 9.79. The van der Waals surface area contributed by atoms with Gasteiger partial charge < -0.3 is 47.1 Å². The highest BCUT2D eigenvalue weighted by molar-refractivity contribution is 6.01. The van der Waals surface area contributed by atoms with E-state index in [1.54, 1.807) is 44.6 Å². The Morgan fingerprint density at radius 3 is 2.26 bits per heavy atom. The van der Waals surface area contributed by atoms with Gasteiger partial charge in [-0.05, 0) is 104 Å². The first kappa shape index (κ1) is 36.5. The summed E-state index contributed by atoms with van der Waals surface area (Å²) < 4.78 is 48.7. The lowest BCUT2D eigenvalue weighted by molar-refractivity contribution is -0.270. The minimum atomic E-state index is -1.42. The lowest BCUT2D eigenvalue weighted by Gasteiger charge is -2.30. The summed E-state index contributed by atoms with van der Waals surface area (Å²) in [6, 6.07) is 10.3. The fourth-order valence-corrected chi connectivity index (χ4v) is 6.75. The Labute approximate surface area is 307 Å². The number of fused-ring (bicyclic) bond motifs is 4. The van der Waals surface area contributed by atoms with Crippen molar-refractivity contribution in [2.24, 2.45) is 0 Å². The largest absolute Gasteiger partial charge is 0.488 e. The summed E-state index contributed by atoms with van der Waals surface area (Å²) in [4.78, 5) is 11.8. The van der Waals surface area contributed by atoms with E-state index in [2.05, 4.69) is 6.92 Å². The van der Waals surface area contributed by atoms with Crippen LogP contribution in [-0.4, -0.2) is 52.8 Å². The molecule has 0 radical (unpaired) electrons. The van der Waals surface area contributed by atoms with Gasteiger partial charge in [-0.15, -0.1) is 0 Å². The Morgan fingerprint density at radius 2 is 1.55 bits per heavy atom. The lowest BCUT2D eigenvalue weighted by Crippen LogP contribution is -2.38. The number of rotatable bonds is 13. The maximum Gasteiger partial charge on any atom is 0.350 e. The molecule has 2 aromatic carbocycles. The summed E-state index contributed by atoms with van der Waals surface area (Å²) in [5.41, 5.74) is 2.26. The average molecular weight is 727 g/mol. The fourth-order valence-electron chi connectivity index (χ4n) is 6.75. The van der Waals surface area contributed by atoms with Crippen LogP contribution in [0.3, 0.4) is 0 Å². The van der Waals surface area contributed by atoms with Crippen LogP contribution in [0.1, 0.15) is 72.8 Å². The van der Waals surface area contributed by atoms with Gasteiger partial charge in [-0.3, -0.25) is 0 Å². The number of benzene rings is 2. The molecule has 3 unspecified atom stereocenters. The number of allylic oxidation sites excluding steroid dienone is 2. The normalized spacial score (nSPS) is 20.7. The summed E-state index contributed by atoms with van der Waals surface area (Å²) >= 11 is 0. The van der Waals surface area contributed by atoms with Crippen molar-refractivity contribution in [3.05, 3.63) is 94.3 Å². The van der Waals surface area contributed by atoms with Gasteiger partial charge in [0.25, 0.3) is 0 Å². The number of hydrogen-bond donors (Lipinski definition) is 2. The summed E-state index contributed by atoms with van der Waals surface area (Å²) in [6.45, 7) is 11.8. The molecule has 0 saturated carbocycles. The molecule has 1 spiro atoms. The second kappa shape index (κ2) is 14.2. The van der Waals surface area contributed by atoms with E-state index in [0.29, 0.717) is 71.9 Å². The lowest BCUT2D eigenvalue weighted by atomic mass is 9.96. The molecule has 2 aliphatic heterocycles. The maximum absolute atomic E-state index is 11.8. The van der Waals surface area contributed by atoms with Crippen molar-refractivity contribution in [3.63, 3.8) is 0 Å². The van der Waals surface area contributed by atoms with Gasteiger partial charge in [-0.2, -0.15) is 0 Å². The third-order valence-corrected chi connectivity index (χ3v) is 9.96. The Morgan fingerprint density at radius 1 is 0.906 bits per heavy atom. The van der Waals surface area contributed by atoms with E-state index in [-0.39, 0.29) is 6.10 Å². The van der Waals surface area contributed by atoms with Crippen molar-refractivity contribution < 1.29 is 47.1 Å². The Balaban J connectivity index is 1.000. The highest BCUT2D eigenvalue weighted by Gasteiger charge is 2.54. The number of aliphatic hydroxyl groups is 2. The van der Waals surface area contributed by atoms with Gasteiger partial charge in [0.15, 0.2) is 0 Å². The van der Waals surface area contributed by atoms with Gasteiger partial charge in [0.2, 0.25) is 0 Å². The van der Waals surface area contributed by atoms with Crippen LogP contribution in [0.25, 0.3) is 39.0 Å². The highest BCUT2D eigenvalue weighted by Crippen LogP contribution is 2.48. The Bertz CT molecular complexity index is 2280. The third kappa shape index (κ3) is 7.66. The first-order valence-electron chi connectivity index (χ1n) is 17.9. The quantitative estimate of drug-likeness (QED) is 0.0890. The minimum Gasteiger partial charge on any atom is -0.488 e. The van der Waals surface area contributed by atoms with E-state index in [1.165, 1.54) is 6.07 Å². The van der Waals surface area contributed by atoms with Crippen molar-refractivity contribution in [3.8, 4) is 17.2 Å². The first-order chi connectivity index (χ1) is 25.2. The molecule has 11 heteroatoms. The summed E-state index contributed by atoms with van der Waals surface area (Å²) in [5.74, 6) is 0.318. The van der Waals surface area contributed by atoms with Crippen LogP contribution >= 0.6 is 0 Å². The molecule has 280 valence electrons. The van der Waals surface area contributed by atoms with E-state index in [0.717, 1.165) is 33.9 Å². The first-order valence-corrected chi connectivity index (χ1v) is 17.9. The van der Waals surface area contributed by atoms with Gasteiger partial charge in [0.1, 0.15) is 47.2 Å². The second-order valence-electron chi connectivity index (χ2n) is 15.0.